The van der Waals surface area contributed by atoms with E-state index in [0.29, 0.717) is 0 Å². The summed E-state index contributed by atoms with van der Waals surface area (Å²) < 4.78 is 0. The topological polar surface area (TPSA) is 35.5 Å². The Morgan fingerprint density at radius 3 is 2.33 bits per heavy atom. The molecule has 0 N–H and O–H groups in total. The molecule has 1 aliphatic rings. The van der Waals surface area contributed by atoms with E-state index in [1.807, 2.05) is 6.07 Å². The van der Waals surface area contributed by atoms with Gasteiger partial charge in [0, 0.05) is 50.2 Å². The molecule has 1 aromatic heterocycles. The van der Waals surface area contributed by atoms with Gasteiger partial charge in [0.1, 0.15) is 5.82 Å². The first-order valence-corrected chi connectivity index (χ1v) is 8.86. The smallest absolute Gasteiger partial charge is 0.232 e. The second kappa shape index (κ2) is 7.62. The van der Waals surface area contributed by atoms with Crippen molar-refractivity contribution < 1.29 is 0 Å². The number of aryl methyl sites for hydroxylation is 1. The molecular weight excluding hydrogens is 298 g/mol. The van der Waals surface area contributed by atoms with Crippen molar-refractivity contribution in [2.75, 3.05) is 49.1 Å². The van der Waals surface area contributed by atoms with Crippen LogP contribution in [0.3, 0.4) is 0 Å². The fraction of sp³-hybridized carbons (Fsp3) is 0.474. The predicted octanol–water partition coefficient (Wildman–Crippen LogP) is 3.08. The highest BCUT2D eigenvalue weighted by atomic mass is 15.3. The van der Waals surface area contributed by atoms with Gasteiger partial charge in [0.05, 0.1) is 0 Å². The number of hydrogen-bond acceptors (Lipinski definition) is 5. The maximum atomic E-state index is 4.88. The molecule has 24 heavy (non-hydrogen) atoms. The Labute approximate surface area is 144 Å². The molecule has 5 nitrogen and oxygen atoms in total. The Kier molecular flexibility index (Phi) is 5.30. The Hall–Kier alpha value is -2.14. The minimum Gasteiger partial charge on any atom is -0.354 e. The molecule has 0 radical (unpaired) electrons. The van der Waals surface area contributed by atoms with Gasteiger partial charge in [-0.25, -0.2) is 4.98 Å². The van der Waals surface area contributed by atoms with E-state index in [1.165, 1.54) is 0 Å². The van der Waals surface area contributed by atoms with Gasteiger partial charge in [0.25, 0.3) is 0 Å². The molecule has 1 aliphatic heterocycles. The van der Waals surface area contributed by atoms with Gasteiger partial charge < -0.3 is 14.7 Å². The fourth-order valence-corrected chi connectivity index (χ4v) is 3.16. The number of piperazine rings is 1. The highest BCUT2D eigenvalue weighted by Crippen LogP contribution is 2.24. The SMILES string of the molecule is CCN1CCN(c2cc(C)nc(N(CC)c3ccccc3)n2)CC1. The van der Waals surface area contributed by atoms with Crippen molar-refractivity contribution in [3.8, 4) is 0 Å². The number of hydrogen-bond donors (Lipinski definition) is 0. The van der Waals surface area contributed by atoms with Gasteiger partial charge in [-0.15, -0.1) is 0 Å². The number of aromatic nitrogens is 2. The van der Waals surface area contributed by atoms with Crippen molar-refractivity contribution in [3.05, 3.63) is 42.1 Å². The summed E-state index contributed by atoms with van der Waals surface area (Å²) in [5.74, 6) is 1.83. The summed E-state index contributed by atoms with van der Waals surface area (Å²) in [5.41, 5.74) is 2.15. The van der Waals surface area contributed by atoms with Gasteiger partial charge in [-0.05, 0) is 32.5 Å². The molecule has 3 rings (SSSR count). The van der Waals surface area contributed by atoms with Crippen molar-refractivity contribution in [2.45, 2.75) is 20.8 Å². The number of rotatable bonds is 5. The van der Waals surface area contributed by atoms with E-state index in [-0.39, 0.29) is 0 Å². The van der Waals surface area contributed by atoms with Gasteiger partial charge in [0.2, 0.25) is 5.95 Å². The summed E-state index contributed by atoms with van der Waals surface area (Å²) in [5, 5.41) is 0. The van der Waals surface area contributed by atoms with Crippen LogP contribution in [0, 0.1) is 6.92 Å². The summed E-state index contributed by atoms with van der Waals surface area (Å²) in [7, 11) is 0. The Balaban J connectivity index is 1.86. The lowest BCUT2D eigenvalue weighted by Gasteiger charge is -2.35. The molecule has 0 amide bonds. The van der Waals surface area contributed by atoms with Crippen molar-refractivity contribution >= 4 is 17.5 Å². The first-order valence-electron chi connectivity index (χ1n) is 8.86. The van der Waals surface area contributed by atoms with Crippen LogP contribution in [0.4, 0.5) is 17.5 Å². The van der Waals surface area contributed by atoms with Crippen LogP contribution in [-0.4, -0.2) is 54.1 Å². The summed E-state index contributed by atoms with van der Waals surface area (Å²) in [6.07, 6.45) is 0. The third-order valence-corrected chi connectivity index (χ3v) is 4.60. The second-order valence-corrected chi connectivity index (χ2v) is 6.17. The molecule has 5 heteroatoms. The molecule has 1 saturated heterocycles. The first kappa shape index (κ1) is 16.7. The maximum Gasteiger partial charge on any atom is 0.232 e. The van der Waals surface area contributed by atoms with Crippen molar-refractivity contribution in [1.29, 1.82) is 0 Å². The predicted molar refractivity (Wildman–Crippen MR) is 100 cm³/mol. The van der Waals surface area contributed by atoms with E-state index in [1.54, 1.807) is 0 Å². The standard InChI is InChI=1S/C19H27N5/c1-4-22-11-13-23(14-12-22)18-15-16(3)20-19(21-18)24(5-2)17-9-7-6-8-10-17/h6-10,15H,4-5,11-14H2,1-3H3. The third-order valence-electron chi connectivity index (χ3n) is 4.60. The molecule has 2 aromatic rings. The lowest BCUT2D eigenvalue weighted by Crippen LogP contribution is -2.46. The molecule has 0 bridgehead atoms. The van der Waals surface area contributed by atoms with Crippen LogP contribution in [0.2, 0.25) is 0 Å². The molecule has 1 fully saturated rings. The molecule has 0 atom stereocenters. The zero-order valence-corrected chi connectivity index (χ0v) is 14.9. The summed E-state index contributed by atoms with van der Waals surface area (Å²) >= 11 is 0. The number of benzene rings is 1. The van der Waals surface area contributed by atoms with Gasteiger partial charge in [-0.1, -0.05) is 25.1 Å². The number of likely N-dealkylation sites (N-methyl/N-ethyl adjacent to an activating group) is 1. The van der Waals surface area contributed by atoms with Crippen molar-refractivity contribution in [2.24, 2.45) is 0 Å². The highest BCUT2D eigenvalue weighted by molar-refractivity contribution is 5.59. The van der Waals surface area contributed by atoms with Crippen LogP contribution in [0.1, 0.15) is 19.5 Å². The van der Waals surface area contributed by atoms with Crippen LogP contribution in [-0.2, 0) is 0 Å². The van der Waals surface area contributed by atoms with E-state index in [4.69, 9.17) is 4.98 Å². The summed E-state index contributed by atoms with van der Waals surface area (Å²) in [6, 6.07) is 12.5. The van der Waals surface area contributed by atoms with Crippen molar-refractivity contribution in [1.82, 2.24) is 14.9 Å². The third kappa shape index (κ3) is 3.67. The van der Waals surface area contributed by atoms with E-state index >= 15 is 0 Å². The molecule has 1 aromatic carbocycles. The average Bonchev–Trinajstić information content (AvgIpc) is 2.63. The molecule has 2 heterocycles. The number of anilines is 3. The van der Waals surface area contributed by atoms with E-state index in [2.05, 4.69) is 70.8 Å². The number of para-hydroxylation sites is 1. The van der Waals surface area contributed by atoms with Gasteiger partial charge in [-0.2, -0.15) is 4.98 Å². The minimum atomic E-state index is 0.789. The zero-order valence-electron chi connectivity index (χ0n) is 14.9. The number of nitrogens with zero attached hydrogens (tertiary/aromatic N) is 5. The quantitative estimate of drug-likeness (QED) is 0.844. The minimum absolute atomic E-state index is 0.789. The van der Waals surface area contributed by atoms with E-state index in [9.17, 15) is 0 Å². The lowest BCUT2D eigenvalue weighted by atomic mass is 10.3. The Morgan fingerprint density at radius 2 is 1.71 bits per heavy atom. The van der Waals surface area contributed by atoms with E-state index < -0.39 is 0 Å². The highest BCUT2D eigenvalue weighted by Gasteiger charge is 2.19. The zero-order chi connectivity index (χ0) is 16.9. The van der Waals surface area contributed by atoms with Gasteiger partial charge >= 0.3 is 0 Å². The van der Waals surface area contributed by atoms with Crippen LogP contribution < -0.4 is 9.80 Å². The van der Waals surface area contributed by atoms with Crippen LogP contribution in [0.5, 0.6) is 0 Å². The lowest BCUT2D eigenvalue weighted by molar-refractivity contribution is 0.270. The van der Waals surface area contributed by atoms with Crippen LogP contribution in [0.25, 0.3) is 0 Å². The largest absolute Gasteiger partial charge is 0.354 e. The molecule has 0 unspecified atom stereocenters. The molecular formula is C19H27N5. The summed E-state index contributed by atoms with van der Waals surface area (Å²) in [6.45, 7) is 12.6. The van der Waals surface area contributed by atoms with Crippen LogP contribution >= 0.6 is 0 Å². The van der Waals surface area contributed by atoms with E-state index in [0.717, 1.165) is 62.4 Å². The Bertz CT molecular complexity index is 650. The summed E-state index contributed by atoms with van der Waals surface area (Å²) in [4.78, 5) is 16.6. The fourth-order valence-electron chi connectivity index (χ4n) is 3.16. The molecule has 0 aliphatic carbocycles. The van der Waals surface area contributed by atoms with Gasteiger partial charge in [0.15, 0.2) is 0 Å². The van der Waals surface area contributed by atoms with Gasteiger partial charge in [-0.3, -0.25) is 0 Å². The molecule has 0 saturated carbocycles. The molecule has 128 valence electrons. The monoisotopic (exact) mass is 325 g/mol. The Morgan fingerprint density at radius 1 is 1.00 bits per heavy atom. The van der Waals surface area contributed by atoms with Crippen molar-refractivity contribution in [3.63, 3.8) is 0 Å². The van der Waals surface area contributed by atoms with Crippen LogP contribution in [0.15, 0.2) is 36.4 Å². The maximum absolute atomic E-state index is 4.88. The average molecular weight is 325 g/mol. The normalized spacial score (nSPS) is 15.5. The first-order chi connectivity index (χ1) is 11.7. The molecule has 0 spiro atoms. The second-order valence-electron chi connectivity index (χ2n) is 6.17.